The minimum atomic E-state index is -3.88. The van der Waals surface area contributed by atoms with Crippen molar-refractivity contribution in [3.8, 4) is 0 Å². The zero-order chi connectivity index (χ0) is 14.1. The van der Waals surface area contributed by atoms with Crippen molar-refractivity contribution in [2.75, 3.05) is 6.54 Å². The minimum absolute atomic E-state index is 0.00123. The summed E-state index contributed by atoms with van der Waals surface area (Å²) in [4.78, 5) is 10.8. The second-order valence-electron chi connectivity index (χ2n) is 4.94. The molecule has 18 heavy (non-hydrogen) atoms. The highest BCUT2D eigenvalue weighted by Crippen LogP contribution is 2.25. The molecule has 1 heterocycles. The monoisotopic (exact) mass is 275 g/mol. The first kappa shape index (κ1) is 14.7. The van der Waals surface area contributed by atoms with E-state index in [2.05, 4.69) is 10.2 Å². The molecule has 1 aromatic heterocycles. The Bertz CT molecular complexity index is 542. The Morgan fingerprint density at radius 3 is 2.39 bits per heavy atom. The van der Waals surface area contributed by atoms with E-state index in [-0.39, 0.29) is 4.90 Å². The van der Waals surface area contributed by atoms with Gasteiger partial charge in [0.05, 0.1) is 11.9 Å². The second-order valence-corrected chi connectivity index (χ2v) is 6.77. The van der Waals surface area contributed by atoms with Crippen LogP contribution in [0.25, 0.3) is 0 Å². The predicted molar refractivity (Wildman–Crippen MR) is 64.6 cm³/mol. The molecule has 0 saturated heterocycles. The summed E-state index contributed by atoms with van der Waals surface area (Å²) in [5.41, 5.74) is -0.448. The minimum Gasteiger partial charge on any atom is -0.480 e. The molecular weight excluding hydrogens is 258 g/mol. The molecule has 0 bridgehead atoms. The van der Waals surface area contributed by atoms with E-state index in [4.69, 9.17) is 5.11 Å². The number of aryl methyl sites for hydroxylation is 1. The number of aliphatic carboxylic acids is 1. The lowest BCUT2D eigenvalue weighted by Gasteiger charge is -2.32. The molecule has 0 amide bonds. The van der Waals surface area contributed by atoms with Crippen LogP contribution in [0.15, 0.2) is 11.1 Å². The Morgan fingerprint density at radius 1 is 1.50 bits per heavy atom. The standard InChI is InChI=1S/C10H17N3O4S/c1-7-8(5-11-12-7)18(16,17)13(6-9(14)15)10(2,3)4/h5H,6H2,1-4H3,(H,11,12)(H,14,15). The van der Waals surface area contributed by atoms with Crippen molar-refractivity contribution in [2.24, 2.45) is 0 Å². The third kappa shape index (κ3) is 2.88. The maximum Gasteiger partial charge on any atom is 0.318 e. The molecule has 0 radical (unpaired) electrons. The summed E-state index contributed by atoms with van der Waals surface area (Å²) in [5, 5.41) is 15.0. The van der Waals surface area contributed by atoms with Gasteiger partial charge >= 0.3 is 5.97 Å². The first-order chi connectivity index (χ1) is 8.06. The fourth-order valence-corrected chi connectivity index (χ4v) is 3.38. The highest BCUT2D eigenvalue weighted by molar-refractivity contribution is 7.89. The summed E-state index contributed by atoms with van der Waals surface area (Å²) in [6.45, 7) is 5.91. The number of aromatic amines is 1. The number of aromatic nitrogens is 2. The molecule has 0 fully saturated rings. The van der Waals surface area contributed by atoms with Crippen LogP contribution in [0.4, 0.5) is 0 Å². The van der Waals surface area contributed by atoms with Gasteiger partial charge < -0.3 is 5.11 Å². The number of carboxylic acids is 1. The van der Waals surface area contributed by atoms with Crippen LogP contribution >= 0.6 is 0 Å². The van der Waals surface area contributed by atoms with Crippen molar-refractivity contribution < 1.29 is 18.3 Å². The van der Waals surface area contributed by atoms with E-state index in [1.807, 2.05) is 0 Å². The molecule has 1 aromatic rings. The predicted octanol–water partition coefficient (Wildman–Crippen LogP) is 0.592. The molecule has 0 unspecified atom stereocenters. The maximum atomic E-state index is 12.4. The second kappa shape index (κ2) is 4.69. The van der Waals surface area contributed by atoms with Crippen LogP contribution < -0.4 is 0 Å². The van der Waals surface area contributed by atoms with E-state index in [1.54, 1.807) is 27.7 Å². The number of carboxylic acid groups (broad SMARTS) is 1. The molecule has 0 aliphatic heterocycles. The first-order valence-electron chi connectivity index (χ1n) is 5.31. The van der Waals surface area contributed by atoms with Crippen molar-refractivity contribution >= 4 is 16.0 Å². The third-order valence-electron chi connectivity index (χ3n) is 2.38. The Labute approximate surface area is 106 Å². The summed E-state index contributed by atoms with van der Waals surface area (Å²) >= 11 is 0. The average molecular weight is 275 g/mol. The molecule has 1 rings (SSSR count). The fraction of sp³-hybridized carbons (Fsp3) is 0.600. The number of carbonyl (C=O) groups is 1. The van der Waals surface area contributed by atoms with E-state index >= 15 is 0 Å². The molecule has 8 heteroatoms. The first-order valence-corrected chi connectivity index (χ1v) is 6.75. The molecule has 0 saturated carbocycles. The summed E-state index contributed by atoms with van der Waals surface area (Å²) in [6, 6.07) is 0. The number of H-pyrrole nitrogens is 1. The molecular formula is C10H17N3O4S. The number of nitrogens with zero attached hydrogens (tertiary/aromatic N) is 2. The summed E-state index contributed by atoms with van der Waals surface area (Å²) < 4.78 is 25.7. The molecule has 0 atom stereocenters. The van der Waals surface area contributed by atoms with Crippen molar-refractivity contribution in [3.05, 3.63) is 11.9 Å². The smallest absolute Gasteiger partial charge is 0.318 e. The molecule has 7 nitrogen and oxygen atoms in total. The van der Waals surface area contributed by atoms with Crippen molar-refractivity contribution in [1.29, 1.82) is 0 Å². The number of hydrogen-bond acceptors (Lipinski definition) is 4. The van der Waals surface area contributed by atoms with Crippen molar-refractivity contribution in [1.82, 2.24) is 14.5 Å². The highest BCUT2D eigenvalue weighted by Gasteiger charge is 2.37. The van der Waals surface area contributed by atoms with E-state index in [1.165, 1.54) is 6.20 Å². The van der Waals surface area contributed by atoms with Crippen LogP contribution in [0.1, 0.15) is 26.5 Å². The summed E-state index contributed by atoms with van der Waals surface area (Å²) in [5.74, 6) is -1.20. The number of sulfonamides is 1. The van der Waals surface area contributed by atoms with Gasteiger partial charge in [-0.3, -0.25) is 9.89 Å². The fourth-order valence-electron chi connectivity index (χ4n) is 1.52. The Balaban J connectivity index is 3.29. The van der Waals surface area contributed by atoms with E-state index in [0.29, 0.717) is 5.69 Å². The largest absolute Gasteiger partial charge is 0.480 e. The van der Waals surface area contributed by atoms with Gasteiger partial charge in [-0.1, -0.05) is 0 Å². The zero-order valence-electron chi connectivity index (χ0n) is 10.8. The van der Waals surface area contributed by atoms with Gasteiger partial charge in [0.15, 0.2) is 0 Å². The number of nitrogens with one attached hydrogen (secondary N) is 1. The van der Waals surface area contributed by atoms with Crippen LogP contribution in [0, 0.1) is 6.92 Å². The number of hydrogen-bond donors (Lipinski definition) is 2. The van der Waals surface area contributed by atoms with Gasteiger partial charge in [0.2, 0.25) is 10.0 Å². The molecule has 0 aliphatic carbocycles. The Hall–Kier alpha value is -1.41. The zero-order valence-corrected chi connectivity index (χ0v) is 11.6. The van der Waals surface area contributed by atoms with Crippen LogP contribution in [0.3, 0.4) is 0 Å². The van der Waals surface area contributed by atoms with Gasteiger partial charge in [0.25, 0.3) is 0 Å². The lowest BCUT2D eigenvalue weighted by Crippen LogP contribution is -2.48. The quantitative estimate of drug-likeness (QED) is 0.837. The van der Waals surface area contributed by atoms with Crippen LogP contribution in [0.2, 0.25) is 0 Å². The lowest BCUT2D eigenvalue weighted by atomic mass is 10.1. The SMILES string of the molecule is Cc1[nH]ncc1S(=O)(=O)N(CC(=O)O)C(C)(C)C. The summed E-state index contributed by atoms with van der Waals surface area (Å²) in [6.07, 6.45) is 1.19. The van der Waals surface area contributed by atoms with Gasteiger partial charge in [-0.2, -0.15) is 9.40 Å². The van der Waals surface area contributed by atoms with Crippen molar-refractivity contribution in [2.45, 2.75) is 38.1 Å². The van der Waals surface area contributed by atoms with E-state index in [9.17, 15) is 13.2 Å². The number of rotatable bonds is 4. The molecule has 102 valence electrons. The third-order valence-corrected chi connectivity index (χ3v) is 4.60. The highest BCUT2D eigenvalue weighted by atomic mass is 32.2. The Kier molecular flexibility index (Phi) is 3.82. The van der Waals surface area contributed by atoms with E-state index < -0.39 is 28.1 Å². The normalized spacial score (nSPS) is 12.9. The molecule has 0 aliphatic rings. The van der Waals surface area contributed by atoms with Gasteiger partial charge in [-0.05, 0) is 27.7 Å². The van der Waals surface area contributed by atoms with Gasteiger partial charge in [0, 0.05) is 5.54 Å². The average Bonchev–Trinajstić information content (AvgIpc) is 2.59. The van der Waals surface area contributed by atoms with Crippen molar-refractivity contribution in [3.63, 3.8) is 0 Å². The van der Waals surface area contributed by atoms with Crippen LogP contribution in [0.5, 0.6) is 0 Å². The topological polar surface area (TPSA) is 103 Å². The van der Waals surface area contributed by atoms with Crippen LogP contribution in [-0.2, 0) is 14.8 Å². The van der Waals surface area contributed by atoms with Gasteiger partial charge in [0.1, 0.15) is 11.4 Å². The lowest BCUT2D eigenvalue weighted by molar-refractivity contribution is -0.138. The molecule has 0 aromatic carbocycles. The maximum absolute atomic E-state index is 12.4. The molecule has 0 spiro atoms. The Morgan fingerprint density at radius 2 is 2.06 bits per heavy atom. The molecule has 2 N–H and O–H groups in total. The van der Waals surface area contributed by atoms with Gasteiger partial charge in [-0.25, -0.2) is 8.42 Å². The van der Waals surface area contributed by atoms with Crippen LogP contribution in [-0.4, -0.2) is 46.1 Å². The van der Waals surface area contributed by atoms with Gasteiger partial charge in [-0.15, -0.1) is 0 Å². The summed E-state index contributed by atoms with van der Waals surface area (Å²) in [7, 11) is -3.88. The van der Waals surface area contributed by atoms with E-state index in [0.717, 1.165) is 4.31 Å².